The van der Waals surface area contributed by atoms with E-state index in [4.69, 9.17) is 9.84 Å². The molecule has 0 heterocycles. The molecular weight excluding hydrogens is 260 g/mol. The Balaban J connectivity index is 3.60. The number of rotatable bonds is 11. The smallest absolute Gasteiger partial charge is 0.314 e. The first-order valence-corrected chi connectivity index (χ1v) is 7.29. The van der Waals surface area contributed by atoms with E-state index in [0.717, 1.165) is 12.8 Å². The number of amides is 2. The number of ether oxygens (including phenoxy) is 1. The molecule has 0 aromatic rings. The number of carboxylic acids is 1. The highest BCUT2D eigenvalue weighted by Gasteiger charge is 2.16. The van der Waals surface area contributed by atoms with Gasteiger partial charge in [-0.15, -0.1) is 0 Å². The molecule has 118 valence electrons. The highest BCUT2D eigenvalue weighted by Crippen LogP contribution is 2.04. The Hall–Kier alpha value is -1.30. The molecule has 0 radical (unpaired) electrons. The quantitative estimate of drug-likeness (QED) is 0.506. The summed E-state index contributed by atoms with van der Waals surface area (Å²) >= 11 is 0. The van der Waals surface area contributed by atoms with E-state index in [9.17, 15) is 9.59 Å². The van der Waals surface area contributed by atoms with Crippen molar-refractivity contribution in [2.24, 2.45) is 11.8 Å². The molecule has 0 rings (SSSR count). The molecular formula is C14H28N2O4. The van der Waals surface area contributed by atoms with Crippen LogP contribution in [0.5, 0.6) is 0 Å². The Kier molecular flexibility index (Phi) is 10.8. The standard InChI is InChI=1S/C14H28N2O4/c1-4-5-12(13(17)18)10-16-14(19)15-7-9-20-8-6-11(2)3/h11-12H,4-10H2,1-3H3,(H,17,18)(H2,15,16,19). The van der Waals surface area contributed by atoms with Gasteiger partial charge in [0.1, 0.15) is 0 Å². The van der Waals surface area contributed by atoms with E-state index in [1.165, 1.54) is 0 Å². The van der Waals surface area contributed by atoms with Crippen molar-refractivity contribution in [3.05, 3.63) is 0 Å². The maximum absolute atomic E-state index is 11.4. The van der Waals surface area contributed by atoms with Crippen LogP contribution in [0.1, 0.15) is 40.0 Å². The first-order chi connectivity index (χ1) is 9.47. The summed E-state index contributed by atoms with van der Waals surface area (Å²) in [4.78, 5) is 22.3. The van der Waals surface area contributed by atoms with Crippen LogP contribution in [0.15, 0.2) is 0 Å². The van der Waals surface area contributed by atoms with Crippen LogP contribution in [-0.2, 0) is 9.53 Å². The van der Waals surface area contributed by atoms with Crippen molar-refractivity contribution >= 4 is 12.0 Å². The van der Waals surface area contributed by atoms with Crippen LogP contribution in [0.3, 0.4) is 0 Å². The molecule has 0 fully saturated rings. The summed E-state index contributed by atoms with van der Waals surface area (Å²) in [7, 11) is 0. The van der Waals surface area contributed by atoms with E-state index in [1.807, 2.05) is 6.92 Å². The molecule has 20 heavy (non-hydrogen) atoms. The zero-order valence-corrected chi connectivity index (χ0v) is 12.8. The molecule has 0 aromatic heterocycles. The number of urea groups is 1. The number of carboxylic acid groups (broad SMARTS) is 1. The third kappa shape index (κ3) is 10.6. The number of hydrogen-bond acceptors (Lipinski definition) is 3. The Morgan fingerprint density at radius 2 is 1.85 bits per heavy atom. The van der Waals surface area contributed by atoms with Crippen LogP contribution in [0.2, 0.25) is 0 Å². The van der Waals surface area contributed by atoms with Crippen LogP contribution in [0, 0.1) is 11.8 Å². The topological polar surface area (TPSA) is 87.7 Å². The molecule has 0 saturated carbocycles. The van der Waals surface area contributed by atoms with Gasteiger partial charge in [-0.2, -0.15) is 0 Å². The molecule has 0 saturated heterocycles. The minimum atomic E-state index is -0.871. The van der Waals surface area contributed by atoms with Crippen LogP contribution < -0.4 is 10.6 Å². The maximum Gasteiger partial charge on any atom is 0.314 e. The molecule has 1 unspecified atom stereocenters. The van der Waals surface area contributed by atoms with Crippen molar-refractivity contribution < 1.29 is 19.4 Å². The lowest BCUT2D eigenvalue weighted by Crippen LogP contribution is -2.41. The summed E-state index contributed by atoms with van der Waals surface area (Å²) in [5, 5.41) is 14.2. The Morgan fingerprint density at radius 3 is 2.40 bits per heavy atom. The molecule has 0 aliphatic rings. The van der Waals surface area contributed by atoms with Gasteiger partial charge in [0.15, 0.2) is 0 Å². The summed E-state index contributed by atoms with van der Waals surface area (Å²) in [5.74, 6) is -0.782. The van der Waals surface area contributed by atoms with Gasteiger partial charge in [-0.3, -0.25) is 4.79 Å². The van der Waals surface area contributed by atoms with Gasteiger partial charge in [-0.05, 0) is 18.8 Å². The van der Waals surface area contributed by atoms with E-state index in [0.29, 0.717) is 32.1 Å². The van der Waals surface area contributed by atoms with Gasteiger partial charge < -0.3 is 20.5 Å². The number of carbonyl (C=O) groups excluding carboxylic acids is 1. The average Bonchev–Trinajstić information content (AvgIpc) is 2.37. The lowest BCUT2D eigenvalue weighted by atomic mass is 10.0. The average molecular weight is 288 g/mol. The second kappa shape index (κ2) is 11.5. The van der Waals surface area contributed by atoms with Crippen molar-refractivity contribution in [1.29, 1.82) is 0 Å². The third-order valence-corrected chi connectivity index (χ3v) is 2.87. The van der Waals surface area contributed by atoms with Crippen LogP contribution in [0.25, 0.3) is 0 Å². The molecule has 0 aliphatic carbocycles. The first kappa shape index (κ1) is 18.7. The molecule has 0 aromatic carbocycles. The second-order valence-corrected chi connectivity index (χ2v) is 5.26. The molecule has 0 bridgehead atoms. The van der Waals surface area contributed by atoms with E-state index >= 15 is 0 Å². The van der Waals surface area contributed by atoms with Crippen molar-refractivity contribution in [1.82, 2.24) is 10.6 Å². The molecule has 2 amide bonds. The summed E-state index contributed by atoms with van der Waals surface area (Å²) in [5.41, 5.74) is 0. The van der Waals surface area contributed by atoms with Gasteiger partial charge in [0, 0.05) is 19.7 Å². The Labute approximate surface area is 121 Å². The van der Waals surface area contributed by atoms with Gasteiger partial charge in [0.2, 0.25) is 0 Å². The Bertz CT molecular complexity index is 282. The number of carbonyl (C=O) groups is 2. The minimum absolute atomic E-state index is 0.156. The lowest BCUT2D eigenvalue weighted by molar-refractivity contribution is -0.141. The molecule has 6 heteroatoms. The van der Waals surface area contributed by atoms with E-state index < -0.39 is 11.9 Å². The SMILES string of the molecule is CCCC(CNC(=O)NCCOCCC(C)C)C(=O)O. The largest absolute Gasteiger partial charge is 0.481 e. The van der Waals surface area contributed by atoms with Crippen LogP contribution >= 0.6 is 0 Å². The van der Waals surface area contributed by atoms with Gasteiger partial charge in [0.25, 0.3) is 0 Å². The highest BCUT2D eigenvalue weighted by atomic mass is 16.5. The first-order valence-electron chi connectivity index (χ1n) is 7.29. The zero-order chi connectivity index (χ0) is 15.4. The minimum Gasteiger partial charge on any atom is -0.481 e. The molecule has 1 atom stereocenters. The van der Waals surface area contributed by atoms with Crippen molar-refractivity contribution in [2.45, 2.75) is 40.0 Å². The van der Waals surface area contributed by atoms with E-state index in [-0.39, 0.29) is 12.6 Å². The van der Waals surface area contributed by atoms with Crippen molar-refractivity contribution in [2.75, 3.05) is 26.3 Å². The van der Waals surface area contributed by atoms with Gasteiger partial charge in [-0.1, -0.05) is 27.2 Å². The fourth-order valence-electron chi connectivity index (χ4n) is 1.60. The molecule has 0 spiro atoms. The van der Waals surface area contributed by atoms with Crippen molar-refractivity contribution in [3.8, 4) is 0 Å². The predicted octanol–water partition coefficient (Wildman–Crippen LogP) is 1.85. The van der Waals surface area contributed by atoms with Crippen LogP contribution in [-0.4, -0.2) is 43.4 Å². The van der Waals surface area contributed by atoms with Crippen LogP contribution in [0.4, 0.5) is 4.79 Å². The Morgan fingerprint density at radius 1 is 1.15 bits per heavy atom. The van der Waals surface area contributed by atoms with Crippen molar-refractivity contribution in [3.63, 3.8) is 0 Å². The second-order valence-electron chi connectivity index (χ2n) is 5.26. The van der Waals surface area contributed by atoms with Gasteiger partial charge >= 0.3 is 12.0 Å². The highest BCUT2D eigenvalue weighted by molar-refractivity contribution is 5.75. The summed E-state index contributed by atoms with van der Waals surface area (Å²) in [6, 6.07) is -0.347. The zero-order valence-electron chi connectivity index (χ0n) is 12.8. The summed E-state index contributed by atoms with van der Waals surface area (Å²) < 4.78 is 5.36. The third-order valence-electron chi connectivity index (χ3n) is 2.87. The van der Waals surface area contributed by atoms with Gasteiger partial charge in [-0.25, -0.2) is 4.79 Å². The predicted molar refractivity (Wildman–Crippen MR) is 77.7 cm³/mol. The molecule has 0 aliphatic heterocycles. The van der Waals surface area contributed by atoms with E-state index in [1.54, 1.807) is 0 Å². The summed E-state index contributed by atoms with van der Waals surface area (Å²) in [6.07, 6.45) is 2.35. The molecule has 6 nitrogen and oxygen atoms in total. The monoisotopic (exact) mass is 288 g/mol. The lowest BCUT2D eigenvalue weighted by Gasteiger charge is -2.13. The van der Waals surface area contributed by atoms with Gasteiger partial charge in [0.05, 0.1) is 12.5 Å². The number of nitrogens with one attached hydrogen (secondary N) is 2. The fraction of sp³-hybridized carbons (Fsp3) is 0.857. The summed E-state index contributed by atoms with van der Waals surface area (Å²) in [6.45, 7) is 7.92. The number of aliphatic carboxylic acids is 1. The normalized spacial score (nSPS) is 12.2. The van der Waals surface area contributed by atoms with E-state index in [2.05, 4.69) is 24.5 Å². The molecule has 3 N–H and O–H groups in total. The maximum atomic E-state index is 11.4. The fourth-order valence-corrected chi connectivity index (χ4v) is 1.60. The number of hydrogen-bond donors (Lipinski definition) is 3.